The van der Waals surface area contributed by atoms with E-state index >= 15 is 0 Å². The Bertz CT molecular complexity index is 1920. The Morgan fingerprint density at radius 1 is 0.840 bits per heavy atom. The van der Waals surface area contributed by atoms with Crippen molar-refractivity contribution in [3.8, 4) is 45.4 Å². The number of ether oxygens (including phenoxy) is 2. The summed E-state index contributed by atoms with van der Waals surface area (Å²) in [6, 6.07) is 11.7. The zero-order chi connectivity index (χ0) is 34.8. The Labute approximate surface area is 301 Å². The number of nitrogens with zero attached hydrogens (tertiary/aromatic N) is 6. The molecule has 4 heterocycles. The number of hydrogen-bond donors (Lipinski definition) is 1. The zero-order valence-corrected chi connectivity index (χ0v) is 29.6. The first-order valence-electron chi connectivity index (χ1n) is 16.9. The smallest absolute Gasteiger partial charge is 0.237 e. The van der Waals surface area contributed by atoms with Crippen LogP contribution in [-0.4, -0.2) is 87.9 Å². The maximum absolute atomic E-state index is 12.1. The Kier molecular flexibility index (Phi) is 10.3. The minimum absolute atomic E-state index is 0.255. The predicted molar refractivity (Wildman–Crippen MR) is 191 cm³/mol. The maximum atomic E-state index is 12.1. The second kappa shape index (κ2) is 15.0. The van der Waals surface area contributed by atoms with Crippen LogP contribution in [0.2, 0.25) is 10.0 Å². The van der Waals surface area contributed by atoms with E-state index in [1.54, 1.807) is 26.6 Å². The summed E-state index contributed by atoms with van der Waals surface area (Å²) in [6.45, 7) is 4.29. The Morgan fingerprint density at radius 2 is 1.44 bits per heavy atom. The molecule has 0 bridgehead atoms. The fourth-order valence-electron chi connectivity index (χ4n) is 7.08. The van der Waals surface area contributed by atoms with Crippen molar-refractivity contribution in [1.29, 1.82) is 0 Å². The number of aromatic nitrogens is 4. The van der Waals surface area contributed by atoms with Crippen molar-refractivity contribution < 1.29 is 19.1 Å². The molecule has 2 aromatic carbocycles. The van der Waals surface area contributed by atoms with Crippen molar-refractivity contribution in [1.82, 2.24) is 35.1 Å². The van der Waals surface area contributed by atoms with E-state index in [0.717, 1.165) is 55.8 Å². The van der Waals surface area contributed by atoms with Crippen molar-refractivity contribution in [2.75, 3.05) is 40.4 Å². The second-order valence-electron chi connectivity index (χ2n) is 13.1. The molecule has 2 saturated heterocycles. The normalized spacial score (nSPS) is 18.2. The number of likely N-dealkylation sites (tertiary alicyclic amines) is 2. The van der Waals surface area contributed by atoms with Gasteiger partial charge in [-0.05, 0) is 25.3 Å². The maximum Gasteiger partial charge on any atom is 0.237 e. The van der Waals surface area contributed by atoms with E-state index in [4.69, 9.17) is 47.6 Å². The third kappa shape index (κ3) is 7.05. The first-order valence-corrected chi connectivity index (χ1v) is 17.7. The highest BCUT2D eigenvalue weighted by Gasteiger charge is 2.37. The molecule has 1 amide bonds. The molecule has 2 aliphatic heterocycles. The van der Waals surface area contributed by atoms with Gasteiger partial charge in [0.1, 0.15) is 17.2 Å². The van der Waals surface area contributed by atoms with E-state index in [-0.39, 0.29) is 11.9 Å². The lowest BCUT2D eigenvalue weighted by molar-refractivity contribution is -0.133. The van der Waals surface area contributed by atoms with Gasteiger partial charge < -0.3 is 19.7 Å². The molecule has 11 nitrogen and oxygen atoms in total. The van der Waals surface area contributed by atoms with Gasteiger partial charge in [0.2, 0.25) is 17.7 Å². The van der Waals surface area contributed by atoms with E-state index in [9.17, 15) is 9.59 Å². The highest BCUT2D eigenvalue weighted by molar-refractivity contribution is 6.39. The molecule has 4 aromatic rings. The summed E-state index contributed by atoms with van der Waals surface area (Å²) in [6.07, 6.45) is 7.23. The molecule has 50 heavy (non-hydrogen) atoms. The third-order valence-corrected chi connectivity index (χ3v) is 10.6. The van der Waals surface area contributed by atoms with E-state index in [1.165, 1.54) is 0 Å². The Hall–Kier alpha value is -4.16. The number of amides is 1. The SMILES string of the molecule is COc1nc(-c2cccc(-c3cccc(-c4cnc(CN5CC(N6CCCC6=O)C5)c(OC)n4)c3Cl)c2Cl)cnc1CNC[C@@H]1CCC(=O)C1. The van der Waals surface area contributed by atoms with Crippen LogP contribution in [0, 0.1) is 5.92 Å². The summed E-state index contributed by atoms with van der Waals surface area (Å²) < 4.78 is 11.3. The van der Waals surface area contributed by atoms with E-state index < -0.39 is 0 Å². The number of carbonyl (C=O) groups is 2. The first-order chi connectivity index (χ1) is 24.3. The molecule has 1 N–H and O–H groups in total. The van der Waals surface area contributed by atoms with Crippen LogP contribution in [0.5, 0.6) is 11.8 Å². The number of Topliss-reactive ketones (excluding diaryl/α,β-unsaturated/α-hetero) is 1. The summed E-state index contributed by atoms with van der Waals surface area (Å²) in [5.41, 5.74) is 5.40. The molecular weight excluding hydrogens is 677 g/mol. The van der Waals surface area contributed by atoms with Crippen LogP contribution in [-0.2, 0) is 22.7 Å². The average molecular weight is 717 g/mol. The minimum Gasteiger partial charge on any atom is -0.480 e. The number of nitrogens with one attached hydrogen (secondary N) is 1. The van der Waals surface area contributed by atoms with Gasteiger partial charge in [-0.3, -0.25) is 24.5 Å². The van der Waals surface area contributed by atoms with Crippen molar-refractivity contribution in [3.63, 3.8) is 0 Å². The summed E-state index contributed by atoms with van der Waals surface area (Å²) in [7, 11) is 3.16. The molecule has 1 saturated carbocycles. The van der Waals surface area contributed by atoms with Crippen LogP contribution >= 0.6 is 23.2 Å². The van der Waals surface area contributed by atoms with E-state index in [2.05, 4.69) is 15.2 Å². The number of carbonyl (C=O) groups excluding carboxylic acids is 2. The van der Waals surface area contributed by atoms with Gasteiger partial charge in [0, 0.05) is 74.2 Å². The van der Waals surface area contributed by atoms with Crippen molar-refractivity contribution in [2.45, 2.75) is 51.2 Å². The van der Waals surface area contributed by atoms with Crippen LogP contribution in [0.25, 0.3) is 33.6 Å². The van der Waals surface area contributed by atoms with Crippen LogP contribution in [0.15, 0.2) is 48.8 Å². The van der Waals surface area contributed by atoms with Gasteiger partial charge in [-0.15, -0.1) is 0 Å². The van der Waals surface area contributed by atoms with Gasteiger partial charge in [-0.25, -0.2) is 9.97 Å². The van der Waals surface area contributed by atoms with Gasteiger partial charge in [0.15, 0.2) is 0 Å². The average Bonchev–Trinajstić information content (AvgIpc) is 3.73. The number of benzene rings is 2. The van der Waals surface area contributed by atoms with Gasteiger partial charge in [0.25, 0.3) is 0 Å². The van der Waals surface area contributed by atoms with Gasteiger partial charge in [-0.2, -0.15) is 0 Å². The molecule has 260 valence electrons. The molecule has 13 heteroatoms. The largest absolute Gasteiger partial charge is 0.480 e. The molecule has 0 spiro atoms. The molecule has 1 atom stereocenters. The van der Waals surface area contributed by atoms with E-state index in [0.29, 0.717) is 94.1 Å². The molecule has 2 aromatic heterocycles. The lowest BCUT2D eigenvalue weighted by Gasteiger charge is -2.43. The number of ketones is 1. The second-order valence-corrected chi connectivity index (χ2v) is 13.8. The zero-order valence-electron chi connectivity index (χ0n) is 28.1. The summed E-state index contributed by atoms with van der Waals surface area (Å²) in [4.78, 5) is 46.9. The van der Waals surface area contributed by atoms with Crippen LogP contribution < -0.4 is 14.8 Å². The topological polar surface area (TPSA) is 123 Å². The molecule has 0 radical (unpaired) electrons. The van der Waals surface area contributed by atoms with Crippen LogP contribution in [0.4, 0.5) is 0 Å². The van der Waals surface area contributed by atoms with Crippen molar-refractivity contribution in [2.24, 2.45) is 5.92 Å². The monoisotopic (exact) mass is 715 g/mol. The summed E-state index contributed by atoms with van der Waals surface area (Å²) >= 11 is 14.1. The molecular formula is C37H39Cl2N7O4. The Balaban J connectivity index is 1.08. The highest BCUT2D eigenvalue weighted by Crippen LogP contribution is 2.42. The van der Waals surface area contributed by atoms with Gasteiger partial charge in [0.05, 0.1) is 54.1 Å². The highest BCUT2D eigenvalue weighted by atomic mass is 35.5. The lowest BCUT2D eigenvalue weighted by atomic mass is 9.98. The molecule has 3 aliphatic rings. The lowest BCUT2D eigenvalue weighted by Crippen LogP contribution is -2.59. The fourth-order valence-corrected chi connectivity index (χ4v) is 7.73. The van der Waals surface area contributed by atoms with Crippen LogP contribution in [0.3, 0.4) is 0 Å². The molecule has 1 aliphatic carbocycles. The van der Waals surface area contributed by atoms with Crippen molar-refractivity contribution >= 4 is 34.9 Å². The Morgan fingerprint density at radius 3 is 2.00 bits per heavy atom. The number of halogens is 2. The standard InChI is InChI=1S/C37H39Cl2N7O4/c1-49-36-31(16-40-15-22-11-12-24(47)14-22)41-17-29(43-36)27-8-3-6-25(34(27)38)26-7-4-9-28(35(26)39)30-18-42-32(37(44-30)50-2)21-45-19-23(20-45)46-13-5-10-33(46)48/h3-4,6-9,17-18,22-23,40H,5,10-16,19-21H2,1-2H3/t22-/m1/s1. The fraction of sp³-hybridized carbons (Fsp3) is 0.405. The first kappa shape index (κ1) is 34.3. The number of rotatable bonds is 12. The molecule has 7 rings (SSSR count). The quantitative estimate of drug-likeness (QED) is 0.191. The summed E-state index contributed by atoms with van der Waals surface area (Å²) in [5.74, 6) is 1.79. The minimum atomic E-state index is 0.255. The van der Waals surface area contributed by atoms with Crippen LogP contribution in [0.1, 0.15) is 43.5 Å². The third-order valence-electron chi connectivity index (χ3n) is 9.78. The summed E-state index contributed by atoms with van der Waals surface area (Å²) in [5, 5.41) is 4.35. The number of hydrogen-bond acceptors (Lipinski definition) is 10. The van der Waals surface area contributed by atoms with Gasteiger partial charge in [-0.1, -0.05) is 59.6 Å². The van der Waals surface area contributed by atoms with Crippen molar-refractivity contribution in [3.05, 3.63) is 70.2 Å². The van der Waals surface area contributed by atoms with Gasteiger partial charge >= 0.3 is 0 Å². The molecule has 3 fully saturated rings. The predicted octanol–water partition coefficient (Wildman–Crippen LogP) is 5.86. The number of methoxy groups -OCH3 is 2. The van der Waals surface area contributed by atoms with E-state index in [1.807, 2.05) is 41.3 Å². The molecule has 0 unspecified atom stereocenters.